The molecule has 0 aromatic heterocycles. The molecule has 1 N–H and O–H groups in total. The Kier molecular flexibility index (Phi) is 7.78. The second-order valence-corrected chi connectivity index (χ2v) is 7.85. The Labute approximate surface area is 200 Å². The largest absolute Gasteiger partial charge is 0.494 e. The number of amides is 4. The van der Waals surface area contributed by atoms with Crippen molar-refractivity contribution in [3.63, 3.8) is 0 Å². The summed E-state index contributed by atoms with van der Waals surface area (Å²) in [5, 5.41) is 1.45. The van der Waals surface area contributed by atoms with Gasteiger partial charge in [0.05, 0.1) is 23.7 Å². The fourth-order valence-electron chi connectivity index (χ4n) is 3.23. The lowest BCUT2D eigenvalue weighted by atomic mass is 10.2. The molecule has 33 heavy (non-hydrogen) atoms. The van der Waals surface area contributed by atoms with Gasteiger partial charge >= 0.3 is 0 Å². The monoisotopic (exact) mass is 493 g/mol. The van der Waals surface area contributed by atoms with Gasteiger partial charge in [-0.15, -0.1) is 0 Å². The summed E-state index contributed by atoms with van der Waals surface area (Å²) < 4.78 is 10.7. The molecule has 1 atom stereocenters. The number of rotatable bonds is 7. The summed E-state index contributed by atoms with van der Waals surface area (Å²) in [7, 11) is 0. The molecule has 4 amide bonds. The van der Waals surface area contributed by atoms with Crippen LogP contribution in [0.4, 0.5) is 5.69 Å². The van der Waals surface area contributed by atoms with Gasteiger partial charge in [-0.05, 0) is 49.4 Å². The molecule has 2 aromatic carbocycles. The summed E-state index contributed by atoms with van der Waals surface area (Å²) in [4.78, 5) is 51.1. The van der Waals surface area contributed by atoms with Gasteiger partial charge in [0.1, 0.15) is 17.5 Å². The predicted octanol–water partition coefficient (Wildman–Crippen LogP) is 2.98. The third kappa shape index (κ3) is 5.74. The SMILES string of the molecule is CCOc1ccc(N2C(=O)CC(N(NC(=O)COc3ccc(Cl)cc3Cl)C(C)=O)C2=O)cc1. The van der Waals surface area contributed by atoms with Crippen molar-refractivity contribution in [3.05, 3.63) is 52.5 Å². The summed E-state index contributed by atoms with van der Waals surface area (Å²) in [6.07, 6.45) is -0.282. The number of ether oxygens (including phenoxy) is 2. The normalized spacial score (nSPS) is 15.4. The Bertz CT molecular complexity index is 1080. The van der Waals surface area contributed by atoms with Gasteiger partial charge in [-0.3, -0.25) is 24.6 Å². The van der Waals surface area contributed by atoms with E-state index in [0.717, 1.165) is 9.91 Å². The van der Waals surface area contributed by atoms with E-state index in [1.165, 1.54) is 19.1 Å². The molecular formula is C22H21Cl2N3O6. The van der Waals surface area contributed by atoms with E-state index in [-0.39, 0.29) is 17.2 Å². The Hall–Kier alpha value is -3.30. The van der Waals surface area contributed by atoms with Crippen LogP contribution in [0.2, 0.25) is 10.0 Å². The highest BCUT2D eigenvalue weighted by molar-refractivity contribution is 6.35. The standard InChI is InChI=1S/C22H21Cl2N3O6/c1-3-32-16-7-5-15(6-8-16)26-21(30)11-18(22(26)31)27(13(2)28)25-20(29)12-33-19-9-4-14(23)10-17(19)24/h4-10,18H,3,11-12H2,1-2H3,(H,25,29). The minimum absolute atomic E-state index is 0.210. The summed E-state index contributed by atoms with van der Waals surface area (Å²) in [6, 6.07) is 9.72. The summed E-state index contributed by atoms with van der Waals surface area (Å²) >= 11 is 11.8. The zero-order chi connectivity index (χ0) is 24.1. The molecule has 1 heterocycles. The van der Waals surface area contributed by atoms with Crippen LogP contribution < -0.4 is 19.8 Å². The highest BCUT2D eigenvalue weighted by Gasteiger charge is 2.44. The molecule has 3 rings (SSSR count). The molecule has 0 spiro atoms. The maximum absolute atomic E-state index is 13.0. The second kappa shape index (κ2) is 10.5. The number of nitrogens with zero attached hydrogens (tertiary/aromatic N) is 2. The zero-order valence-corrected chi connectivity index (χ0v) is 19.4. The Balaban J connectivity index is 1.68. The van der Waals surface area contributed by atoms with Crippen LogP contribution in [0.25, 0.3) is 0 Å². The van der Waals surface area contributed by atoms with Crippen LogP contribution in [-0.2, 0) is 19.2 Å². The molecule has 1 aliphatic heterocycles. The van der Waals surface area contributed by atoms with Crippen LogP contribution in [0, 0.1) is 0 Å². The van der Waals surface area contributed by atoms with Gasteiger partial charge in [-0.1, -0.05) is 23.2 Å². The van der Waals surface area contributed by atoms with E-state index in [9.17, 15) is 19.2 Å². The summed E-state index contributed by atoms with van der Waals surface area (Å²) in [6.45, 7) is 3.01. The lowest BCUT2D eigenvalue weighted by Crippen LogP contribution is -2.54. The van der Waals surface area contributed by atoms with Crippen molar-refractivity contribution in [2.24, 2.45) is 0 Å². The predicted molar refractivity (Wildman–Crippen MR) is 121 cm³/mol. The molecule has 1 fully saturated rings. The van der Waals surface area contributed by atoms with E-state index in [0.29, 0.717) is 23.1 Å². The highest BCUT2D eigenvalue weighted by atomic mass is 35.5. The third-order valence-electron chi connectivity index (χ3n) is 4.68. The third-order valence-corrected chi connectivity index (χ3v) is 5.21. The van der Waals surface area contributed by atoms with E-state index >= 15 is 0 Å². The molecule has 0 aliphatic carbocycles. The molecule has 2 aromatic rings. The first-order valence-electron chi connectivity index (χ1n) is 9.98. The smallest absolute Gasteiger partial charge is 0.276 e. The minimum Gasteiger partial charge on any atom is -0.494 e. The number of imide groups is 1. The molecule has 174 valence electrons. The van der Waals surface area contributed by atoms with Crippen molar-refractivity contribution in [1.82, 2.24) is 10.4 Å². The molecule has 0 saturated carbocycles. The van der Waals surface area contributed by atoms with Gasteiger partial charge in [-0.25, -0.2) is 9.91 Å². The fraction of sp³-hybridized carbons (Fsp3) is 0.273. The summed E-state index contributed by atoms with van der Waals surface area (Å²) in [5.74, 6) is -1.65. The minimum atomic E-state index is -1.19. The van der Waals surface area contributed by atoms with Gasteiger partial charge in [0, 0.05) is 11.9 Å². The lowest BCUT2D eigenvalue weighted by Gasteiger charge is -2.26. The first kappa shape index (κ1) is 24.3. The van der Waals surface area contributed by atoms with E-state index < -0.39 is 36.3 Å². The molecular weight excluding hydrogens is 473 g/mol. The van der Waals surface area contributed by atoms with Crippen molar-refractivity contribution >= 4 is 52.5 Å². The van der Waals surface area contributed by atoms with E-state index in [4.69, 9.17) is 32.7 Å². The van der Waals surface area contributed by atoms with Gasteiger partial charge in [0.15, 0.2) is 6.61 Å². The molecule has 1 aliphatic rings. The fourth-order valence-corrected chi connectivity index (χ4v) is 3.69. The number of halogens is 2. The van der Waals surface area contributed by atoms with Crippen LogP contribution in [-0.4, -0.2) is 47.9 Å². The number of hydrazine groups is 1. The average Bonchev–Trinajstić information content (AvgIpc) is 3.05. The highest BCUT2D eigenvalue weighted by Crippen LogP contribution is 2.28. The molecule has 1 saturated heterocycles. The molecule has 9 nitrogen and oxygen atoms in total. The second-order valence-electron chi connectivity index (χ2n) is 7.00. The first-order valence-corrected chi connectivity index (χ1v) is 10.7. The van der Waals surface area contributed by atoms with E-state index in [1.807, 2.05) is 6.92 Å². The van der Waals surface area contributed by atoms with Gasteiger partial charge in [0.25, 0.3) is 11.8 Å². The molecule has 0 bridgehead atoms. The van der Waals surface area contributed by atoms with Crippen molar-refractivity contribution < 1.29 is 28.7 Å². The van der Waals surface area contributed by atoms with Crippen molar-refractivity contribution in [1.29, 1.82) is 0 Å². The number of hydrogen-bond donors (Lipinski definition) is 1. The summed E-state index contributed by atoms with van der Waals surface area (Å²) in [5.41, 5.74) is 2.68. The maximum atomic E-state index is 13.0. The topological polar surface area (TPSA) is 105 Å². The number of benzene rings is 2. The Morgan fingerprint density at radius 3 is 2.42 bits per heavy atom. The van der Waals surface area contributed by atoms with Crippen molar-refractivity contribution in [2.75, 3.05) is 18.1 Å². The van der Waals surface area contributed by atoms with Crippen LogP contribution in [0.5, 0.6) is 11.5 Å². The van der Waals surface area contributed by atoms with Crippen LogP contribution in [0.15, 0.2) is 42.5 Å². The number of nitrogens with one attached hydrogen (secondary N) is 1. The molecule has 0 radical (unpaired) electrons. The maximum Gasteiger partial charge on any atom is 0.276 e. The van der Waals surface area contributed by atoms with Crippen LogP contribution in [0.3, 0.4) is 0 Å². The van der Waals surface area contributed by atoms with Gasteiger partial charge < -0.3 is 9.47 Å². The zero-order valence-electron chi connectivity index (χ0n) is 17.8. The van der Waals surface area contributed by atoms with Gasteiger partial charge in [-0.2, -0.15) is 0 Å². The van der Waals surface area contributed by atoms with Crippen molar-refractivity contribution in [2.45, 2.75) is 26.3 Å². The Morgan fingerprint density at radius 2 is 1.82 bits per heavy atom. The number of anilines is 1. The molecule has 1 unspecified atom stereocenters. The Morgan fingerprint density at radius 1 is 1.12 bits per heavy atom. The number of carbonyl (C=O) groups is 4. The van der Waals surface area contributed by atoms with E-state index in [1.54, 1.807) is 30.3 Å². The van der Waals surface area contributed by atoms with Gasteiger partial charge in [0.2, 0.25) is 11.8 Å². The molecule has 11 heteroatoms. The first-order chi connectivity index (χ1) is 15.7. The number of carbonyl (C=O) groups excluding carboxylic acids is 4. The lowest BCUT2D eigenvalue weighted by molar-refractivity contribution is -0.146. The van der Waals surface area contributed by atoms with Crippen LogP contribution >= 0.6 is 23.2 Å². The number of hydrogen-bond acceptors (Lipinski definition) is 6. The van der Waals surface area contributed by atoms with Crippen molar-refractivity contribution in [3.8, 4) is 11.5 Å². The average molecular weight is 494 g/mol. The van der Waals surface area contributed by atoms with E-state index in [2.05, 4.69) is 5.43 Å². The quantitative estimate of drug-likeness (QED) is 0.469. The van der Waals surface area contributed by atoms with Crippen LogP contribution in [0.1, 0.15) is 20.3 Å².